The van der Waals surface area contributed by atoms with E-state index < -0.39 is 22.7 Å². The molecule has 1 atom stereocenters. The lowest BCUT2D eigenvalue weighted by atomic mass is 10.0. The van der Waals surface area contributed by atoms with E-state index in [-0.39, 0.29) is 19.4 Å². The van der Waals surface area contributed by atoms with E-state index in [1.165, 1.54) is 0 Å². The zero-order valence-corrected chi connectivity index (χ0v) is 13.1. The number of ether oxygens (including phenoxy) is 1. The van der Waals surface area contributed by atoms with Gasteiger partial charge in [-0.05, 0) is 40.0 Å². The average Bonchev–Trinajstić information content (AvgIpc) is 2.33. The third kappa shape index (κ3) is 7.26. The minimum Gasteiger partial charge on any atom is -0.478 e. The Morgan fingerprint density at radius 3 is 2.29 bits per heavy atom. The maximum atomic E-state index is 11.4. The molecule has 0 aromatic heterocycles. The SMILES string of the molecule is CC(C)(C)ON(C=O)[C@](N)(CCCCOC(=O)Cl)C(=O)O. The molecule has 0 heterocycles. The van der Waals surface area contributed by atoms with Crippen LogP contribution in [-0.2, 0) is 19.2 Å². The largest absolute Gasteiger partial charge is 0.478 e. The van der Waals surface area contributed by atoms with Gasteiger partial charge in [0.15, 0.2) is 0 Å². The second-order valence-corrected chi connectivity index (χ2v) is 5.72. The van der Waals surface area contributed by atoms with Gasteiger partial charge in [0.1, 0.15) is 0 Å². The van der Waals surface area contributed by atoms with Gasteiger partial charge in [-0.2, -0.15) is 5.06 Å². The highest BCUT2D eigenvalue weighted by molar-refractivity contribution is 6.61. The van der Waals surface area contributed by atoms with Crippen molar-refractivity contribution in [1.82, 2.24) is 5.06 Å². The molecule has 0 aliphatic rings. The topological polar surface area (TPSA) is 119 Å². The van der Waals surface area contributed by atoms with Gasteiger partial charge in [-0.25, -0.2) is 9.59 Å². The van der Waals surface area contributed by atoms with Crippen molar-refractivity contribution < 1.29 is 29.1 Å². The van der Waals surface area contributed by atoms with Crippen LogP contribution in [0.3, 0.4) is 0 Å². The number of halogens is 1. The molecule has 0 aromatic carbocycles. The van der Waals surface area contributed by atoms with Crippen LogP contribution < -0.4 is 5.73 Å². The molecule has 122 valence electrons. The van der Waals surface area contributed by atoms with E-state index in [2.05, 4.69) is 4.74 Å². The third-order valence-electron chi connectivity index (χ3n) is 2.40. The highest BCUT2D eigenvalue weighted by Crippen LogP contribution is 2.21. The van der Waals surface area contributed by atoms with Crippen LogP contribution in [0, 0.1) is 0 Å². The molecule has 0 unspecified atom stereocenters. The van der Waals surface area contributed by atoms with E-state index in [0.29, 0.717) is 17.9 Å². The lowest BCUT2D eigenvalue weighted by Gasteiger charge is -2.37. The molecule has 9 heteroatoms. The number of rotatable bonds is 9. The standard InChI is InChI=1S/C12H21ClN2O6/c1-11(2,3)21-15(8-16)12(14,9(17)18)6-4-5-7-20-10(13)19/h8H,4-7,14H2,1-3H3,(H,17,18)/t12-/m1/s1. The van der Waals surface area contributed by atoms with Crippen LogP contribution in [0.15, 0.2) is 0 Å². The van der Waals surface area contributed by atoms with Crippen LogP contribution in [0.25, 0.3) is 0 Å². The van der Waals surface area contributed by atoms with Gasteiger partial charge in [0, 0.05) is 11.6 Å². The highest BCUT2D eigenvalue weighted by atomic mass is 35.5. The Morgan fingerprint density at radius 2 is 1.90 bits per heavy atom. The second kappa shape index (κ2) is 8.16. The summed E-state index contributed by atoms with van der Waals surface area (Å²) < 4.78 is 4.51. The van der Waals surface area contributed by atoms with Crippen LogP contribution in [0.1, 0.15) is 40.0 Å². The summed E-state index contributed by atoms with van der Waals surface area (Å²) in [6.45, 7) is 5.02. The van der Waals surface area contributed by atoms with E-state index in [0.717, 1.165) is 0 Å². The molecule has 0 rings (SSSR count). The van der Waals surface area contributed by atoms with Crippen molar-refractivity contribution in [2.75, 3.05) is 6.61 Å². The predicted molar refractivity (Wildman–Crippen MR) is 74.3 cm³/mol. The van der Waals surface area contributed by atoms with Crippen molar-refractivity contribution in [3.8, 4) is 0 Å². The molecular formula is C12H21ClN2O6. The maximum absolute atomic E-state index is 11.4. The summed E-state index contributed by atoms with van der Waals surface area (Å²) in [6.07, 6.45) is 0.812. The Balaban J connectivity index is 4.70. The number of aliphatic carboxylic acids is 1. The molecule has 0 bridgehead atoms. The molecule has 0 aliphatic carbocycles. The van der Waals surface area contributed by atoms with Crippen LogP contribution in [0.4, 0.5) is 4.79 Å². The molecule has 0 spiro atoms. The summed E-state index contributed by atoms with van der Waals surface area (Å²) >= 11 is 4.99. The molecule has 21 heavy (non-hydrogen) atoms. The van der Waals surface area contributed by atoms with Crippen LogP contribution in [0.5, 0.6) is 0 Å². The van der Waals surface area contributed by atoms with Crippen molar-refractivity contribution in [2.45, 2.75) is 51.3 Å². The highest BCUT2D eigenvalue weighted by Gasteiger charge is 2.42. The Morgan fingerprint density at radius 1 is 1.33 bits per heavy atom. The number of unbranched alkanes of at least 4 members (excludes halogenated alkanes) is 1. The minimum absolute atomic E-state index is 0.0409. The fourth-order valence-corrected chi connectivity index (χ4v) is 1.53. The number of nitrogens with two attached hydrogens (primary N) is 1. The summed E-state index contributed by atoms with van der Waals surface area (Å²) in [5.74, 6) is -1.40. The summed E-state index contributed by atoms with van der Waals surface area (Å²) in [4.78, 5) is 38.1. The molecule has 0 fully saturated rings. The molecule has 0 radical (unpaired) electrons. The second-order valence-electron chi connectivity index (χ2n) is 5.41. The molecule has 0 saturated carbocycles. The van der Waals surface area contributed by atoms with E-state index >= 15 is 0 Å². The van der Waals surface area contributed by atoms with Crippen molar-refractivity contribution >= 4 is 29.4 Å². The molecular weight excluding hydrogens is 304 g/mol. The van der Waals surface area contributed by atoms with Gasteiger partial charge in [-0.3, -0.25) is 15.4 Å². The first-order valence-electron chi connectivity index (χ1n) is 6.31. The van der Waals surface area contributed by atoms with Gasteiger partial charge < -0.3 is 9.84 Å². The summed E-state index contributed by atoms with van der Waals surface area (Å²) in [5.41, 5.74) is 2.07. The Kier molecular flexibility index (Phi) is 7.62. The molecule has 0 aliphatic heterocycles. The lowest BCUT2D eigenvalue weighted by molar-refractivity contribution is -0.257. The zero-order chi connectivity index (χ0) is 16.7. The minimum atomic E-state index is -2.00. The molecule has 3 N–H and O–H groups in total. The van der Waals surface area contributed by atoms with Crippen LogP contribution in [-0.4, -0.2) is 45.8 Å². The zero-order valence-electron chi connectivity index (χ0n) is 12.3. The number of carboxylic acid groups (broad SMARTS) is 1. The van der Waals surface area contributed by atoms with E-state index in [1.807, 2.05) is 0 Å². The van der Waals surface area contributed by atoms with Crippen molar-refractivity contribution in [3.05, 3.63) is 0 Å². The fraction of sp³-hybridized carbons (Fsp3) is 0.750. The monoisotopic (exact) mass is 324 g/mol. The number of hydroxylamine groups is 2. The fourth-order valence-electron chi connectivity index (χ4n) is 1.45. The Bertz CT molecular complexity index is 384. The van der Waals surface area contributed by atoms with Crippen LogP contribution >= 0.6 is 11.6 Å². The smallest absolute Gasteiger partial charge is 0.403 e. The first-order valence-corrected chi connectivity index (χ1v) is 6.69. The number of carboxylic acids is 1. The first-order chi connectivity index (χ1) is 9.53. The van der Waals surface area contributed by atoms with Gasteiger partial charge in [-0.15, -0.1) is 0 Å². The number of hydrogen-bond acceptors (Lipinski definition) is 6. The number of hydrogen-bond donors (Lipinski definition) is 2. The summed E-state index contributed by atoms with van der Waals surface area (Å²) in [5, 5.41) is 9.86. The van der Waals surface area contributed by atoms with Crippen molar-refractivity contribution in [3.63, 3.8) is 0 Å². The Hall–Kier alpha value is -1.38. The number of amides is 1. The van der Waals surface area contributed by atoms with Crippen molar-refractivity contribution in [2.24, 2.45) is 5.73 Å². The van der Waals surface area contributed by atoms with Crippen LogP contribution in [0.2, 0.25) is 0 Å². The summed E-state index contributed by atoms with van der Waals surface area (Å²) in [7, 11) is 0. The molecule has 8 nitrogen and oxygen atoms in total. The molecule has 0 aromatic rings. The van der Waals surface area contributed by atoms with E-state index in [1.54, 1.807) is 20.8 Å². The van der Waals surface area contributed by atoms with E-state index in [4.69, 9.17) is 22.2 Å². The number of nitrogens with zero attached hydrogens (tertiary/aromatic N) is 1. The van der Waals surface area contributed by atoms with Gasteiger partial charge in [0.05, 0.1) is 12.2 Å². The maximum Gasteiger partial charge on any atom is 0.403 e. The number of carbonyl (C=O) groups is 3. The van der Waals surface area contributed by atoms with Gasteiger partial charge >= 0.3 is 11.4 Å². The first kappa shape index (κ1) is 19.6. The van der Waals surface area contributed by atoms with Crippen molar-refractivity contribution in [1.29, 1.82) is 0 Å². The summed E-state index contributed by atoms with van der Waals surface area (Å²) in [6, 6.07) is 0. The van der Waals surface area contributed by atoms with E-state index in [9.17, 15) is 19.5 Å². The third-order valence-corrected chi connectivity index (χ3v) is 2.51. The van der Waals surface area contributed by atoms with Gasteiger partial charge in [0.2, 0.25) is 12.1 Å². The lowest BCUT2D eigenvalue weighted by Crippen LogP contribution is -2.62. The number of carbonyl (C=O) groups excluding carboxylic acids is 2. The van der Waals surface area contributed by atoms with Gasteiger partial charge in [-0.1, -0.05) is 0 Å². The van der Waals surface area contributed by atoms with Gasteiger partial charge in [0.25, 0.3) is 0 Å². The predicted octanol–water partition coefficient (Wildman–Crippen LogP) is 1.46. The quantitative estimate of drug-likeness (QED) is 0.216. The Labute approximate surface area is 128 Å². The molecule has 0 saturated heterocycles. The average molecular weight is 325 g/mol. The normalized spacial score (nSPS) is 14.1. The molecule has 1 amide bonds.